The minimum absolute atomic E-state index is 0.0999. The van der Waals surface area contributed by atoms with Crippen LogP contribution in [0.15, 0.2) is 18.3 Å². The fraction of sp³-hybridized carbons (Fsp3) is 0.417. The maximum Gasteiger partial charge on any atom is 0.309 e. The van der Waals surface area contributed by atoms with E-state index >= 15 is 0 Å². The van der Waals surface area contributed by atoms with Crippen molar-refractivity contribution in [3.8, 4) is 0 Å². The maximum atomic E-state index is 11.7. The molecule has 3 N–H and O–H groups in total. The summed E-state index contributed by atoms with van der Waals surface area (Å²) >= 11 is 0. The van der Waals surface area contributed by atoms with Crippen LogP contribution in [0.2, 0.25) is 0 Å². The van der Waals surface area contributed by atoms with E-state index < -0.39 is 5.97 Å². The Morgan fingerprint density at radius 3 is 2.67 bits per heavy atom. The van der Waals surface area contributed by atoms with Gasteiger partial charge in [-0.25, -0.2) is 0 Å². The number of rotatable bonds is 6. The Kier molecular flexibility index (Phi) is 5.26. The summed E-state index contributed by atoms with van der Waals surface area (Å²) in [5.74, 6) is -1.17. The van der Waals surface area contributed by atoms with Gasteiger partial charge in [-0.2, -0.15) is 0 Å². The zero-order valence-corrected chi connectivity index (χ0v) is 10.4. The van der Waals surface area contributed by atoms with Gasteiger partial charge in [0.15, 0.2) is 0 Å². The van der Waals surface area contributed by atoms with Gasteiger partial charge in [0.25, 0.3) is 0 Å². The van der Waals surface area contributed by atoms with Crippen LogP contribution in [0.25, 0.3) is 0 Å². The molecular weight excluding hydrogens is 234 g/mol. The fourth-order valence-corrected chi connectivity index (χ4v) is 1.42. The van der Waals surface area contributed by atoms with Crippen molar-refractivity contribution in [2.24, 2.45) is 5.92 Å². The first kappa shape index (κ1) is 14.1. The molecule has 98 valence electrons. The van der Waals surface area contributed by atoms with Crippen LogP contribution in [0.3, 0.4) is 0 Å². The molecule has 0 bridgehead atoms. The van der Waals surface area contributed by atoms with Gasteiger partial charge < -0.3 is 15.7 Å². The number of nitrogens with one attached hydrogen (secondary N) is 2. The van der Waals surface area contributed by atoms with Crippen LogP contribution in [0, 0.1) is 5.92 Å². The average molecular weight is 251 g/mol. The van der Waals surface area contributed by atoms with Crippen LogP contribution in [0.1, 0.15) is 12.6 Å². The second-order valence-electron chi connectivity index (χ2n) is 4.06. The first-order chi connectivity index (χ1) is 8.52. The van der Waals surface area contributed by atoms with Crippen molar-refractivity contribution < 1.29 is 14.7 Å². The van der Waals surface area contributed by atoms with Crippen molar-refractivity contribution >= 4 is 17.6 Å². The second-order valence-corrected chi connectivity index (χ2v) is 4.06. The maximum absolute atomic E-state index is 11.7. The van der Waals surface area contributed by atoms with Crippen LogP contribution in [-0.2, 0) is 16.0 Å². The lowest BCUT2D eigenvalue weighted by atomic mass is 10.1. The second kappa shape index (κ2) is 6.70. The first-order valence-corrected chi connectivity index (χ1v) is 5.65. The third kappa shape index (κ3) is 4.50. The van der Waals surface area contributed by atoms with Gasteiger partial charge in [0.1, 0.15) is 0 Å². The van der Waals surface area contributed by atoms with Gasteiger partial charge in [0, 0.05) is 12.5 Å². The van der Waals surface area contributed by atoms with Crippen molar-refractivity contribution in [2.75, 3.05) is 18.9 Å². The number of hydrogen-bond acceptors (Lipinski definition) is 4. The van der Waals surface area contributed by atoms with Crippen LogP contribution in [0.4, 0.5) is 5.69 Å². The third-order valence-electron chi connectivity index (χ3n) is 2.38. The molecule has 0 aliphatic carbocycles. The van der Waals surface area contributed by atoms with Crippen LogP contribution >= 0.6 is 0 Å². The Morgan fingerprint density at radius 2 is 2.17 bits per heavy atom. The summed E-state index contributed by atoms with van der Waals surface area (Å²) in [5.41, 5.74) is 1.03. The highest BCUT2D eigenvalue weighted by atomic mass is 16.4. The summed E-state index contributed by atoms with van der Waals surface area (Å²) in [6.07, 6.45) is 1.34. The molecule has 6 nitrogen and oxygen atoms in total. The molecule has 0 radical (unpaired) electrons. The lowest BCUT2D eigenvalue weighted by Gasteiger charge is -2.11. The average Bonchev–Trinajstić information content (AvgIpc) is 2.31. The molecule has 0 fully saturated rings. The van der Waals surface area contributed by atoms with E-state index in [1.165, 1.54) is 6.20 Å². The van der Waals surface area contributed by atoms with Gasteiger partial charge in [-0.15, -0.1) is 0 Å². The molecule has 0 aromatic carbocycles. The Labute approximate surface area is 105 Å². The van der Waals surface area contributed by atoms with Crippen LogP contribution in [-0.4, -0.2) is 35.6 Å². The van der Waals surface area contributed by atoms with E-state index in [0.717, 1.165) is 0 Å². The molecule has 18 heavy (non-hydrogen) atoms. The van der Waals surface area contributed by atoms with Crippen molar-refractivity contribution in [1.29, 1.82) is 0 Å². The Hall–Kier alpha value is -1.95. The molecule has 6 heteroatoms. The molecule has 0 aliphatic heterocycles. The number of nitrogens with zero attached hydrogens (tertiary/aromatic N) is 1. The number of hydrogen-bond donors (Lipinski definition) is 3. The number of aliphatic carboxylic acids is 1. The Morgan fingerprint density at radius 1 is 1.44 bits per heavy atom. The monoisotopic (exact) mass is 251 g/mol. The lowest BCUT2D eigenvalue weighted by molar-refractivity contribution is -0.136. The molecule has 1 unspecified atom stereocenters. The van der Waals surface area contributed by atoms with Crippen molar-refractivity contribution in [2.45, 2.75) is 13.3 Å². The fourth-order valence-electron chi connectivity index (χ4n) is 1.42. The van der Waals surface area contributed by atoms with E-state index in [0.29, 0.717) is 17.9 Å². The van der Waals surface area contributed by atoms with Crippen molar-refractivity contribution in [1.82, 2.24) is 10.3 Å². The highest BCUT2D eigenvalue weighted by Gasteiger charge is 2.12. The quantitative estimate of drug-likeness (QED) is 0.685. The van der Waals surface area contributed by atoms with Gasteiger partial charge >= 0.3 is 5.97 Å². The number of pyridine rings is 1. The minimum atomic E-state index is -0.929. The van der Waals surface area contributed by atoms with E-state index in [2.05, 4.69) is 15.6 Å². The summed E-state index contributed by atoms with van der Waals surface area (Å²) in [5, 5.41) is 14.2. The van der Waals surface area contributed by atoms with Gasteiger partial charge in [0.2, 0.25) is 5.91 Å². The first-order valence-electron chi connectivity index (χ1n) is 5.65. The largest absolute Gasteiger partial charge is 0.481 e. The lowest BCUT2D eigenvalue weighted by Crippen LogP contribution is -2.28. The highest BCUT2D eigenvalue weighted by molar-refractivity contribution is 5.92. The number of anilines is 1. The third-order valence-corrected chi connectivity index (χ3v) is 2.38. The molecule has 0 saturated heterocycles. The van der Waals surface area contributed by atoms with Gasteiger partial charge in [-0.05, 0) is 19.2 Å². The van der Waals surface area contributed by atoms with E-state index in [1.54, 1.807) is 19.2 Å². The van der Waals surface area contributed by atoms with Gasteiger partial charge in [-0.1, -0.05) is 6.92 Å². The predicted octanol–water partition coefficient (Wildman–Crippen LogP) is 0.503. The molecule has 0 saturated carbocycles. The number of amides is 1. The van der Waals surface area contributed by atoms with E-state index in [4.69, 9.17) is 5.11 Å². The molecule has 0 spiro atoms. The molecular formula is C12H17N3O3. The number of carboxylic acid groups (broad SMARTS) is 1. The van der Waals surface area contributed by atoms with Crippen molar-refractivity contribution in [3.63, 3.8) is 0 Å². The normalized spacial score (nSPS) is 11.9. The molecule has 0 aliphatic rings. The standard InChI is InChI=1S/C12H17N3O3/c1-8(6-13-2)12(18)15-10-4-3-9(14-7-10)5-11(16)17/h3-4,7-8,13H,5-6H2,1-2H3,(H,15,18)(H,16,17). The SMILES string of the molecule is CNCC(C)C(=O)Nc1ccc(CC(=O)O)nc1. The number of carbonyl (C=O) groups excluding carboxylic acids is 1. The van der Waals surface area contributed by atoms with Crippen molar-refractivity contribution in [3.05, 3.63) is 24.0 Å². The number of carbonyl (C=O) groups is 2. The molecule has 1 aromatic heterocycles. The minimum Gasteiger partial charge on any atom is -0.481 e. The summed E-state index contributed by atoms with van der Waals surface area (Å²) in [6.45, 7) is 2.41. The topological polar surface area (TPSA) is 91.3 Å². The zero-order valence-electron chi connectivity index (χ0n) is 10.4. The number of carboxylic acids is 1. The molecule has 1 heterocycles. The zero-order chi connectivity index (χ0) is 13.5. The Bertz CT molecular complexity index is 417. The molecule has 1 atom stereocenters. The Balaban J connectivity index is 2.58. The van der Waals surface area contributed by atoms with Gasteiger partial charge in [-0.3, -0.25) is 14.6 Å². The summed E-state index contributed by atoms with van der Waals surface area (Å²) in [4.78, 5) is 26.1. The summed E-state index contributed by atoms with van der Waals surface area (Å²) < 4.78 is 0. The highest BCUT2D eigenvalue weighted by Crippen LogP contribution is 2.08. The summed E-state index contributed by atoms with van der Waals surface area (Å²) in [7, 11) is 1.78. The molecule has 1 aromatic rings. The van der Waals surface area contributed by atoms with E-state index in [1.807, 2.05) is 6.92 Å². The smallest absolute Gasteiger partial charge is 0.309 e. The molecule has 1 amide bonds. The summed E-state index contributed by atoms with van der Waals surface area (Å²) in [6, 6.07) is 3.24. The van der Waals surface area contributed by atoms with Crippen LogP contribution in [0.5, 0.6) is 0 Å². The predicted molar refractivity (Wildman–Crippen MR) is 67.3 cm³/mol. The van der Waals surface area contributed by atoms with E-state index in [9.17, 15) is 9.59 Å². The van der Waals surface area contributed by atoms with Crippen LogP contribution < -0.4 is 10.6 Å². The molecule has 1 rings (SSSR count). The van der Waals surface area contributed by atoms with E-state index in [-0.39, 0.29) is 18.2 Å². The number of aromatic nitrogens is 1. The van der Waals surface area contributed by atoms with Gasteiger partial charge in [0.05, 0.1) is 24.0 Å².